The number of hydrogen-bond acceptors (Lipinski definition) is 7. The molecule has 0 saturated carbocycles. The van der Waals surface area contributed by atoms with Crippen molar-refractivity contribution in [2.75, 3.05) is 40.0 Å². The zero-order chi connectivity index (χ0) is 23.0. The number of carbonyl (C=O) groups is 1. The average molecular weight is 455 g/mol. The molecule has 2 aromatic carbocycles. The van der Waals surface area contributed by atoms with Crippen molar-refractivity contribution in [3.05, 3.63) is 65.8 Å². The number of amides is 1. The molecule has 1 fully saturated rings. The molecule has 9 heteroatoms. The molecular formula is C24H27FN4O4. The number of benzene rings is 2. The predicted octanol–water partition coefficient (Wildman–Crippen LogP) is 3.01. The van der Waals surface area contributed by atoms with E-state index >= 15 is 0 Å². The second-order valence-corrected chi connectivity index (χ2v) is 7.76. The van der Waals surface area contributed by atoms with Crippen molar-refractivity contribution in [1.29, 1.82) is 0 Å². The van der Waals surface area contributed by atoms with Crippen molar-refractivity contribution in [2.24, 2.45) is 0 Å². The van der Waals surface area contributed by atoms with E-state index in [-0.39, 0.29) is 24.2 Å². The average Bonchev–Trinajstić information content (AvgIpc) is 3.33. The van der Waals surface area contributed by atoms with Gasteiger partial charge < -0.3 is 19.3 Å². The molecular weight excluding hydrogens is 427 g/mol. The van der Waals surface area contributed by atoms with E-state index < -0.39 is 0 Å². The Bertz CT molecular complexity index is 1030. The normalized spacial score (nSPS) is 15.2. The van der Waals surface area contributed by atoms with E-state index in [1.807, 2.05) is 24.3 Å². The molecule has 0 spiro atoms. The van der Waals surface area contributed by atoms with Crippen molar-refractivity contribution in [1.82, 2.24) is 20.4 Å². The molecule has 4 rings (SSSR count). The molecule has 1 aliphatic rings. The molecule has 3 aromatic rings. The summed E-state index contributed by atoms with van der Waals surface area (Å²) < 4.78 is 29.1. The minimum atomic E-state index is -0.329. The maximum atomic E-state index is 13.1. The molecule has 1 unspecified atom stereocenters. The summed E-state index contributed by atoms with van der Waals surface area (Å²) in [5.74, 6) is 1.11. The molecule has 0 bridgehead atoms. The monoisotopic (exact) mass is 454 g/mol. The van der Waals surface area contributed by atoms with Gasteiger partial charge in [-0.05, 0) is 42.0 Å². The number of morpholine rings is 1. The fourth-order valence-corrected chi connectivity index (χ4v) is 3.76. The number of ether oxygens (including phenoxy) is 2. The third-order valence-electron chi connectivity index (χ3n) is 5.62. The lowest BCUT2D eigenvalue weighted by atomic mass is 10.0. The summed E-state index contributed by atoms with van der Waals surface area (Å²) in [5.41, 5.74) is 1.77. The largest absolute Gasteiger partial charge is 0.497 e. The second-order valence-electron chi connectivity index (χ2n) is 7.76. The van der Waals surface area contributed by atoms with Gasteiger partial charge >= 0.3 is 0 Å². The zero-order valence-corrected chi connectivity index (χ0v) is 18.5. The third kappa shape index (κ3) is 6.15. The molecule has 1 amide bonds. The fourth-order valence-electron chi connectivity index (χ4n) is 3.76. The maximum Gasteiger partial charge on any atom is 0.227 e. The summed E-state index contributed by atoms with van der Waals surface area (Å²) >= 11 is 0. The Hall–Kier alpha value is -3.30. The molecule has 1 N–H and O–H groups in total. The number of aromatic nitrogens is 2. The van der Waals surface area contributed by atoms with Crippen LogP contribution in [-0.4, -0.2) is 60.9 Å². The second kappa shape index (κ2) is 11.0. The number of nitrogens with zero attached hydrogens (tertiary/aromatic N) is 3. The Morgan fingerprint density at radius 2 is 1.88 bits per heavy atom. The van der Waals surface area contributed by atoms with E-state index in [0.717, 1.165) is 24.4 Å². The van der Waals surface area contributed by atoms with Gasteiger partial charge in [-0.2, -0.15) is 4.98 Å². The van der Waals surface area contributed by atoms with Gasteiger partial charge in [-0.25, -0.2) is 4.39 Å². The molecule has 1 aliphatic heterocycles. The predicted molar refractivity (Wildman–Crippen MR) is 119 cm³/mol. The van der Waals surface area contributed by atoms with Crippen molar-refractivity contribution in [3.8, 4) is 17.1 Å². The van der Waals surface area contributed by atoms with Crippen LogP contribution in [0.15, 0.2) is 53.1 Å². The standard InChI is InChI=1S/C24H27FN4O4/c1-31-20-8-4-17(5-9-20)21(29-12-14-32-15-13-29)16-26-22(30)10-11-23-27-24(28-33-23)18-2-6-19(25)7-3-18/h2-9,21H,10-16H2,1H3,(H,26,30). The van der Waals surface area contributed by atoms with Gasteiger partial charge in [0.2, 0.25) is 17.6 Å². The Morgan fingerprint density at radius 3 is 2.58 bits per heavy atom. The summed E-state index contributed by atoms with van der Waals surface area (Å²) in [6.45, 7) is 3.44. The van der Waals surface area contributed by atoms with Gasteiger partial charge in [-0.1, -0.05) is 17.3 Å². The van der Waals surface area contributed by atoms with Crippen molar-refractivity contribution in [3.63, 3.8) is 0 Å². The Labute approximate surface area is 191 Å². The molecule has 8 nitrogen and oxygen atoms in total. The van der Waals surface area contributed by atoms with E-state index in [1.54, 1.807) is 19.2 Å². The molecule has 2 heterocycles. The summed E-state index contributed by atoms with van der Waals surface area (Å²) in [6.07, 6.45) is 0.550. The minimum absolute atomic E-state index is 0.0391. The number of rotatable bonds is 9. The summed E-state index contributed by atoms with van der Waals surface area (Å²) in [7, 11) is 1.64. The van der Waals surface area contributed by atoms with E-state index in [2.05, 4.69) is 20.4 Å². The number of nitrogens with one attached hydrogen (secondary N) is 1. The van der Waals surface area contributed by atoms with Gasteiger partial charge in [0.15, 0.2) is 0 Å². The highest BCUT2D eigenvalue weighted by atomic mass is 19.1. The van der Waals surface area contributed by atoms with E-state index in [9.17, 15) is 9.18 Å². The molecule has 1 aromatic heterocycles. The maximum absolute atomic E-state index is 13.1. The minimum Gasteiger partial charge on any atom is -0.497 e. The number of methoxy groups -OCH3 is 1. The Morgan fingerprint density at radius 1 is 1.15 bits per heavy atom. The molecule has 0 aliphatic carbocycles. The van der Waals surface area contributed by atoms with Gasteiger partial charge in [0.05, 0.1) is 26.4 Å². The molecule has 1 saturated heterocycles. The number of halogens is 1. The lowest BCUT2D eigenvalue weighted by Crippen LogP contribution is -2.43. The first-order chi connectivity index (χ1) is 16.1. The molecule has 0 radical (unpaired) electrons. The highest BCUT2D eigenvalue weighted by molar-refractivity contribution is 5.76. The van der Waals surface area contributed by atoms with E-state index in [1.165, 1.54) is 12.1 Å². The van der Waals surface area contributed by atoms with Crippen LogP contribution in [-0.2, 0) is 16.0 Å². The molecule has 1 atom stereocenters. The smallest absolute Gasteiger partial charge is 0.227 e. The first kappa shape index (κ1) is 22.9. The lowest BCUT2D eigenvalue weighted by molar-refractivity contribution is -0.121. The number of hydrogen-bond donors (Lipinski definition) is 1. The van der Waals surface area contributed by atoms with Crippen LogP contribution in [0.1, 0.15) is 23.9 Å². The quantitative estimate of drug-likeness (QED) is 0.532. The van der Waals surface area contributed by atoms with Crippen LogP contribution >= 0.6 is 0 Å². The van der Waals surface area contributed by atoms with Gasteiger partial charge in [0.25, 0.3) is 0 Å². The third-order valence-corrected chi connectivity index (χ3v) is 5.62. The highest BCUT2D eigenvalue weighted by Gasteiger charge is 2.23. The SMILES string of the molecule is COc1ccc(C(CNC(=O)CCc2nc(-c3ccc(F)cc3)no2)N2CCOCC2)cc1. The Balaban J connectivity index is 1.33. The first-order valence-electron chi connectivity index (χ1n) is 10.9. The summed E-state index contributed by atoms with van der Waals surface area (Å²) in [6, 6.07) is 13.8. The highest BCUT2D eigenvalue weighted by Crippen LogP contribution is 2.24. The van der Waals surface area contributed by atoms with Crippen LogP contribution in [0, 0.1) is 5.82 Å². The lowest BCUT2D eigenvalue weighted by Gasteiger charge is -2.35. The van der Waals surface area contributed by atoms with Gasteiger partial charge in [-0.15, -0.1) is 0 Å². The number of carbonyl (C=O) groups excluding carboxylic acids is 1. The van der Waals surface area contributed by atoms with Gasteiger partial charge in [0, 0.05) is 38.0 Å². The van der Waals surface area contributed by atoms with Crippen molar-refractivity contribution < 1.29 is 23.2 Å². The number of aryl methyl sites for hydroxylation is 1. The van der Waals surface area contributed by atoms with Gasteiger partial charge in [-0.3, -0.25) is 9.69 Å². The van der Waals surface area contributed by atoms with Crippen LogP contribution in [0.2, 0.25) is 0 Å². The van der Waals surface area contributed by atoms with Crippen LogP contribution in [0.3, 0.4) is 0 Å². The first-order valence-corrected chi connectivity index (χ1v) is 10.9. The Kier molecular flexibility index (Phi) is 7.64. The summed E-state index contributed by atoms with van der Waals surface area (Å²) in [4.78, 5) is 19.2. The van der Waals surface area contributed by atoms with Crippen LogP contribution in [0.4, 0.5) is 4.39 Å². The molecule has 33 heavy (non-hydrogen) atoms. The van der Waals surface area contributed by atoms with Crippen LogP contribution in [0.25, 0.3) is 11.4 Å². The topological polar surface area (TPSA) is 89.7 Å². The summed E-state index contributed by atoms with van der Waals surface area (Å²) in [5, 5.41) is 6.95. The molecule has 174 valence electrons. The van der Waals surface area contributed by atoms with Crippen molar-refractivity contribution in [2.45, 2.75) is 18.9 Å². The van der Waals surface area contributed by atoms with Crippen LogP contribution < -0.4 is 10.1 Å². The zero-order valence-electron chi connectivity index (χ0n) is 18.5. The van der Waals surface area contributed by atoms with Crippen LogP contribution in [0.5, 0.6) is 5.75 Å². The fraction of sp³-hybridized carbons (Fsp3) is 0.375. The van der Waals surface area contributed by atoms with Crippen molar-refractivity contribution >= 4 is 5.91 Å². The van der Waals surface area contributed by atoms with E-state index in [4.69, 9.17) is 14.0 Å². The van der Waals surface area contributed by atoms with E-state index in [0.29, 0.717) is 43.5 Å². The van der Waals surface area contributed by atoms with Gasteiger partial charge in [0.1, 0.15) is 11.6 Å².